The van der Waals surface area contributed by atoms with E-state index in [2.05, 4.69) is 22.0 Å². The molecule has 0 aliphatic heterocycles. The Balaban J connectivity index is 2.34. The second kappa shape index (κ2) is 1.89. The average Bonchev–Trinajstić information content (AvgIpc) is 1.80. The summed E-state index contributed by atoms with van der Waals surface area (Å²) in [6, 6.07) is 2.41. The molecule has 0 unspecified atom stereocenters. The first kappa shape index (κ1) is 6.24. The molecule has 0 spiro atoms. The Bertz CT molecular complexity index is 309. The molecule has 56 valence electrons. The summed E-state index contributed by atoms with van der Waals surface area (Å²) in [5.41, 5.74) is 6.36. The Hall–Kier alpha value is -0.300. The van der Waals surface area contributed by atoms with Gasteiger partial charge in [-0.05, 0) is 47.9 Å². The number of hydrogen-bond donors (Lipinski definition) is 0. The topological polar surface area (TPSA) is 0 Å². The maximum absolute atomic E-state index is 3.68. The fourth-order valence-electron chi connectivity index (χ4n) is 2.00. The van der Waals surface area contributed by atoms with E-state index in [1.807, 2.05) is 0 Å². The molecule has 1 aromatic rings. The van der Waals surface area contributed by atoms with E-state index in [-0.39, 0.29) is 0 Å². The minimum Gasteiger partial charge on any atom is -0.0552 e. The normalized spacial score (nSPS) is 17.9. The third kappa shape index (κ3) is 0.652. The van der Waals surface area contributed by atoms with E-state index < -0.39 is 0 Å². The van der Waals surface area contributed by atoms with Gasteiger partial charge in [0.05, 0.1) is 0 Å². The molecule has 0 fully saturated rings. The summed E-state index contributed by atoms with van der Waals surface area (Å²) in [7, 11) is 0. The van der Waals surface area contributed by atoms with Crippen molar-refractivity contribution in [3.05, 3.63) is 32.8 Å². The highest BCUT2D eigenvalue weighted by Crippen LogP contribution is 2.39. The molecule has 3 rings (SSSR count). The third-order valence-corrected chi connectivity index (χ3v) is 3.90. The van der Waals surface area contributed by atoms with E-state index in [0.29, 0.717) is 0 Å². The van der Waals surface area contributed by atoms with Crippen LogP contribution in [0.5, 0.6) is 0 Å². The van der Waals surface area contributed by atoms with E-state index in [9.17, 15) is 0 Å². The molecule has 0 saturated carbocycles. The Morgan fingerprint density at radius 2 is 1.45 bits per heavy atom. The van der Waals surface area contributed by atoms with Crippen LogP contribution < -0.4 is 0 Å². The van der Waals surface area contributed by atoms with Crippen molar-refractivity contribution in [2.45, 2.75) is 25.7 Å². The van der Waals surface area contributed by atoms with Gasteiger partial charge in [-0.15, -0.1) is 0 Å². The largest absolute Gasteiger partial charge is 0.0552 e. The summed E-state index contributed by atoms with van der Waals surface area (Å²) >= 11 is 3.68. The number of hydrogen-bond acceptors (Lipinski definition) is 0. The molecule has 0 amide bonds. The third-order valence-electron chi connectivity index (χ3n) is 2.94. The minimum atomic E-state index is 1.29. The molecule has 0 saturated heterocycles. The van der Waals surface area contributed by atoms with E-state index in [1.54, 1.807) is 22.3 Å². The van der Waals surface area contributed by atoms with Gasteiger partial charge in [-0.2, -0.15) is 0 Å². The fraction of sp³-hybridized carbons (Fsp3) is 0.400. The molecule has 11 heavy (non-hydrogen) atoms. The van der Waals surface area contributed by atoms with Crippen LogP contribution in [-0.2, 0) is 25.7 Å². The highest BCUT2D eigenvalue weighted by molar-refractivity contribution is 9.10. The lowest BCUT2D eigenvalue weighted by atomic mass is 9.78. The van der Waals surface area contributed by atoms with Crippen molar-refractivity contribution < 1.29 is 0 Å². The highest BCUT2D eigenvalue weighted by atomic mass is 79.9. The van der Waals surface area contributed by atoms with Gasteiger partial charge in [0.15, 0.2) is 0 Å². The molecule has 1 heteroatoms. The standard InChI is InChI=1S/C10H9Br/c11-10-8-3-1-6(8)5-7-2-4-9(7)10/h5H,1-4H2. The van der Waals surface area contributed by atoms with Crippen LogP contribution in [0.1, 0.15) is 22.3 Å². The van der Waals surface area contributed by atoms with Crippen molar-refractivity contribution in [2.75, 3.05) is 0 Å². The zero-order valence-electron chi connectivity index (χ0n) is 6.28. The van der Waals surface area contributed by atoms with Crippen LogP contribution in [0, 0.1) is 0 Å². The van der Waals surface area contributed by atoms with Gasteiger partial charge >= 0.3 is 0 Å². The monoisotopic (exact) mass is 208 g/mol. The smallest absolute Gasteiger partial charge is 0.0245 e. The molecule has 0 N–H and O–H groups in total. The van der Waals surface area contributed by atoms with Crippen LogP contribution in [0.3, 0.4) is 0 Å². The number of halogens is 1. The second-order valence-electron chi connectivity index (χ2n) is 3.47. The Kier molecular flexibility index (Phi) is 1.07. The maximum atomic E-state index is 3.68. The lowest BCUT2D eigenvalue weighted by Crippen LogP contribution is -2.18. The van der Waals surface area contributed by atoms with Gasteiger partial charge in [0, 0.05) is 4.47 Å². The van der Waals surface area contributed by atoms with Crippen molar-refractivity contribution >= 4 is 15.9 Å². The van der Waals surface area contributed by atoms with Gasteiger partial charge in [-0.3, -0.25) is 0 Å². The summed E-state index contributed by atoms with van der Waals surface area (Å²) in [5, 5.41) is 0. The zero-order chi connectivity index (χ0) is 7.42. The highest BCUT2D eigenvalue weighted by Gasteiger charge is 2.25. The molecular weight excluding hydrogens is 200 g/mol. The summed E-state index contributed by atoms with van der Waals surface area (Å²) in [5.74, 6) is 0. The first-order valence-electron chi connectivity index (χ1n) is 4.18. The summed E-state index contributed by atoms with van der Waals surface area (Å²) in [6.45, 7) is 0. The molecule has 0 bridgehead atoms. The number of aryl methyl sites for hydroxylation is 2. The molecule has 2 aliphatic rings. The number of benzene rings is 1. The Morgan fingerprint density at radius 1 is 0.909 bits per heavy atom. The first-order valence-corrected chi connectivity index (χ1v) is 4.97. The van der Waals surface area contributed by atoms with Gasteiger partial charge in [0.25, 0.3) is 0 Å². The van der Waals surface area contributed by atoms with Crippen molar-refractivity contribution in [1.29, 1.82) is 0 Å². The lowest BCUT2D eigenvalue weighted by molar-refractivity contribution is 0.765. The number of rotatable bonds is 0. The van der Waals surface area contributed by atoms with Crippen LogP contribution in [0.25, 0.3) is 0 Å². The minimum absolute atomic E-state index is 1.29. The SMILES string of the molecule is Brc1c2c(cc3c1CC3)CC2. The van der Waals surface area contributed by atoms with Crippen molar-refractivity contribution in [1.82, 2.24) is 0 Å². The molecular formula is C10H9Br. The average molecular weight is 209 g/mol. The predicted octanol–water partition coefficient (Wildman–Crippen LogP) is 2.65. The van der Waals surface area contributed by atoms with E-state index >= 15 is 0 Å². The van der Waals surface area contributed by atoms with E-state index in [4.69, 9.17) is 0 Å². The molecule has 0 atom stereocenters. The van der Waals surface area contributed by atoms with E-state index in [0.717, 1.165) is 0 Å². The molecule has 0 radical (unpaired) electrons. The van der Waals surface area contributed by atoms with E-state index in [1.165, 1.54) is 30.2 Å². The van der Waals surface area contributed by atoms with Gasteiger partial charge in [0.1, 0.15) is 0 Å². The molecule has 2 aliphatic carbocycles. The van der Waals surface area contributed by atoms with Gasteiger partial charge < -0.3 is 0 Å². The van der Waals surface area contributed by atoms with Crippen LogP contribution in [0.4, 0.5) is 0 Å². The molecule has 0 aromatic heterocycles. The molecule has 0 heterocycles. The summed E-state index contributed by atoms with van der Waals surface area (Å²) in [6.07, 6.45) is 5.20. The quantitative estimate of drug-likeness (QED) is 0.616. The number of fused-ring (bicyclic) bond motifs is 2. The lowest BCUT2D eigenvalue weighted by Gasteiger charge is -2.29. The zero-order valence-corrected chi connectivity index (χ0v) is 7.87. The predicted molar refractivity (Wildman–Crippen MR) is 49.0 cm³/mol. The summed E-state index contributed by atoms with van der Waals surface area (Å²) < 4.78 is 1.43. The van der Waals surface area contributed by atoms with Crippen molar-refractivity contribution in [3.8, 4) is 0 Å². The maximum Gasteiger partial charge on any atom is 0.0245 e. The second-order valence-corrected chi connectivity index (χ2v) is 4.26. The van der Waals surface area contributed by atoms with Crippen molar-refractivity contribution in [3.63, 3.8) is 0 Å². The van der Waals surface area contributed by atoms with Crippen LogP contribution in [0.2, 0.25) is 0 Å². The Labute approximate surface area is 74.7 Å². The van der Waals surface area contributed by atoms with Crippen LogP contribution in [0.15, 0.2) is 10.5 Å². The van der Waals surface area contributed by atoms with Gasteiger partial charge in [0.2, 0.25) is 0 Å². The van der Waals surface area contributed by atoms with Crippen molar-refractivity contribution in [2.24, 2.45) is 0 Å². The first-order chi connectivity index (χ1) is 5.36. The van der Waals surface area contributed by atoms with Crippen LogP contribution >= 0.6 is 15.9 Å². The molecule has 0 nitrogen and oxygen atoms in total. The fourth-order valence-corrected chi connectivity index (χ4v) is 2.91. The summed E-state index contributed by atoms with van der Waals surface area (Å²) in [4.78, 5) is 0. The van der Waals surface area contributed by atoms with Crippen LogP contribution in [-0.4, -0.2) is 0 Å². The molecule has 1 aromatic carbocycles. The van der Waals surface area contributed by atoms with Gasteiger partial charge in [-0.25, -0.2) is 0 Å². The Morgan fingerprint density at radius 3 is 1.82 bits per heavy atom. The van der Waals surface area contributed by atoms with Gasteiger partial charge in [-0.1, -0.05) is 22.0 Å².